The number of nitrogens with zero attached hydrogens (tertiary/aromatic N) is 2. The predicted molar refractivity (Wildman–Crippen MR) is 62.7 cm³/mol. The molecule has 2 nitrogen and oxygen atoms in total. The van der Waals surface area contributed by atoms with Gasteiger partial charge in [-0.15, -0.1) is 17.0 Å². The van der Waals surface area contributed by atoms with Gasteiger partial charge in [-0.3, -0.25) is 0 Å². The van der Waals surface area contributed by atoms with Crippen LogP contribution in [0.3, 0.4) is 0 Å². The number of rotatable bonds is 3. The normalized spacial score (nSPS) is 20.5. The summed E-state index contributed by atoms with van der Waals surface area (Å²) in [5, 5.41) is 1.14. The van der Waals surface area contributed by atoms with Gasteiger partial charge in [-0.1, -0.05) is 15.9 Å². The fraction of sp³-hybridized carbons (Fsp3) is 1.00. The fourth-order valence-corrected chi connectivity index (χ4v) is 1.61. The fourth-order valence-electron chi connectivity index (χ4n) is 1.35. The topological polar surface area (TPSA) is 6.48 Å². The van der Waals surface area contributed by atoms with Crippen molar-refractivity contribution in [3.05, 3.63) is 0 Å². The summed E-state index contributed by atoms with van der Waals surface area (Å²) in [4.78, 5) is 4.94. The van der Waals surface area contributed by atoms with Crippen LogP contribution in [0.4, 0.5) is 0 Å². The molecule has 0 aromatic rings. The average molecular weight is 302 g/mol. The average Bonchev–Trinajstić information content (AvgIpc) is 2.04. The lowest BCUT2D eigenvalue weighted by molar-refractivity contribution is 0.155. The van der Waals surface area contributed by atoms with Crippen molar-refractivity contribution in [3.63, 3.8) is 0 Å². The molecule has 0 unspecified atom stereocenters. The molecule has 0 aliphatic carbocycles. The first kappa shape index (κ1) is 12.9. The lowest BCUT2D eigenvalue weighted by Gasteiger charge is -2.32. The maximum Gasteiger partial charge on any atom is 0.0110 e. The summed E-state index contributed by atoms with van der Waals surface area (Å²) in [5.74, 6) is 0. The molecule has 12 heavy (non-hydrogen) atoms. The van der Waals surface area contributed by atoms with Crippen molar-refractivity contribution >= 4 is 32.9 Å². The van der Waals surface area contributed by atoms with Gasteiger partial charge in [0.05, 0.1) is 0 Å². The zero-order valence-corrected chi connectivity index (χ0v) is 10.9. The Labute approximate surface area is 94.2 Å². The number of likely N-dealkylation sites (N-methyl/N-ethyl adjacent to an activating group) is 1. The van der Waals surface area contributed by atoms with E-state index in [1.807, 2.05) is 0 Å². The van der Waals surface area contributed by atoms with Crippen molar-refractivity contribution in [1.29, 1.82) is 0 Å². The highest BCUT2D eigenvalue weighted by Crippen LogP contribution is 2.00. The second-order valence-electron chi connectivity index (χ2n) is 3.19. The molecule has 1 rings (SSSR count). The summed E-state index contributed by atoms with van der Waals surface area (Å²) in [7, 11) is 2.20. The van der Waals surface area contributed by atoms with E-state index in [-0.39, 0.29) is 17.0 Å². The van der Waals surface area contributed by atoms with Crippen LogP contribution in [0.2, 0.25) is 0 Å². The lowest BCUT2D eigenvalue weighted by Crippen LogP contribution is -2.44. The molecular weight excluding hydrogens is 284 g/mol. The molecule has 0 spiro atoms. The second-order valence-corrected chi connectivity index (χ2v) is 3.98. The Balaban J connectivity index is 0.00000121. The first-order valence-corrected chi connectivity index (χ1v) is 5.42. The van der Waals surface area contributed by atoms with Crippen LogP contribution in [-0.4, -0.2) is 54.9 Å². The highest BCUT2D eigenvalue weighted by atomic mass is 79.9. The van der Waals surface area contributed by atoms with Gasteiger partial charge in [0.1, 0.15) is 0 Å². The summed E-state index contributed by atoms with van der Waals surface area (Å²) >= 11 is 3.45. The van der Waals surface area contributed by atoms with Crippen molar-refractivity contribution < 1.29 is 0 Å². The van der Waals surface area contributed by atoms with Crippen LogP contribution in [0.15, 0.2) is 0 Å². The molecule has 1 aliphatic heterocycles. The Hall–Kier alpha value is 0.880. The highest BCUT2D eigenvalue weighted by molar-refractivity contribution is 9.09. The number of halogens is 2. The monoisotopic (exact) mass is 300 g/mol. The zero-order valence-electron chi connectivity index (χ0n) is 7.63. The third kappa shape index (κ3) is 4.80. The molecule has 1 fully saturated rings. The quantitative estimate of drug-likeness (QED) is 0.731. The molecule has 4 heteroatoms. The Bertz CT molecular complexity index is 100. The maximum atomic E-state index is 3.45. The highest BCUT2D eigenvalue weighted by Gasteiger charge is 2.11. The van der Waals surface area contributed by atoms with Crippen LogP contribution in [0, 0.1) is 0 Å². The largest absolute Gasteiger partial charge is 0.304 e. The minimum absolute atomic E-state index is 0. The Morgan fingerprint density at radius 3 is 2.25 bits per heavy atom. The first-order chi connectivity index (χ1) is 5.33. The molecule has 0 aromatic carbocycles. The number of hydrogen-bond donors (Lipinski definition) is 0. The van der Waals surface area contributed by atoms with Crippen molar-refractivity contribution in [1.82, 2.24) is 9.80 Å². The van der Waals surface area contributed by atoms with Gasteiger partial charge in [0, 0.05) is 31.5 Å². The van der Waals surface area contributed by atoms with Crippen molar-refractivity contribution in [2.45, 2.75) is 6.42 Å². The van der Waals surface area contributed by atoms with Gasteiger partial charge in [-0.25, -0.2) is 0 Å². The van der Waals surface area contributed by atoms with Crippen LogP contribution >= 0.6 is 32.9 Å². The number of piperazine rings is 1. The van der Waals surface area contributed by atoms with Crippen LogP contribution in [-0.2, 0) is 0 Å². The third-order valence-corrected chi connectivity index (χ3v) is 2.76. The molecule has 0 aromatic heterocycles. The van der Waals surface area contributed by atoms with E-state index in [1.165, 1.54) is 39.1 Å². The van der Waals surface area contributed by atoms with E-state index >= 15 is 0 Å². The molecule has 1 heterocycles. The molecular formula is C8H18Br2N2. The van der Waals surface area contributed by atoms with E-state index < -0.39 is 0 Å². The summed E-state index contributed by atoms with van der Waals surface area (Å²) in [6.45, 7) is 6.25. The minimum Gasteiger partial charge on any atom is -0.304 e. The van der Waals surface area contributed by atoms with Gasteiger partial charge in [-0.2, -0.15) is 0 Å². The maximum absolute atomic E-state index is 3.45. The summed E-state index contributed by atoms with van der Waals surface area (Å²) < 4.78 is 0. The summed E-state index contributed by atoms with van der Waals surface area (Å²) in [5.41, 5.74) is 0. The van der Waals surface area contributed by atoms with Gasteiger partial charge < -0.3 is 9.80 Å². The Morgan fingerprint density at radius 2 is 1.75 bits per heavy atom. The van der Waals surface area contributed by atoms with Gasteiger partial charge in [0.25, 0.3) is 0 Å². The summed E-state index contributed by atoms with van der Waals surface area (Å²) in [6, 6.07) is 0. The van der Waals surface area contributed by atoms with Gasteiger partial charge in [0.2, 0.25) is 0 Å². The Kier molecular flexibility index (Phi) is 7.83. The van der Waals surface area contributed by atoms with Crippen molar-refractivity contribution in [2.24, 2.45) is 0 Å². The SMILES string of the molecule is Br.CN1CCN(CCCBr)CC1. The van der Waals surface area contributed by atoms with E-state index in [0.29, 0.717) is 0 Å². The molecule has 0 amide bonds. The van der Waals surface area contributed by atoms with Gasteiger partial charge >= 0.3 is 0 Å². The first-order valence-electron chi connectivity index (χ1n) is 4.30. The van der Waals surface area contributed by atoms with E-state index in [0.717, 1.165) is 5.33 Å². The van der Waals surface area contributed by atoms with Crippen LogP contribution in [0.1, 0.15) is 6.42 Å². The van der Waals surface area contributed by atoms with Crippen LogP contribution in [0.25, 0.3) is 0 Å². The van der Waals surface area contributed by atoms with E-state index in [1.54, 1.807) is 0 Å². The number of alkyl halides is 1. The number of hydrogen-bond acceptors (Lipinski definition) is 2. The van der Waals surface area contributed by atoms with Gasteiger partial charge in [0.15, 0.2) is 0 Å². The molecule has 1 saturated heterocycles. The molecule has 0 bridgehead atoms. The van der Waals surface area contributed by atoms with Crippen molar-refractivity contribution in [2.75, 3.05) is 45.1 Å². The molecule has 0 atom stereocenters. The molecule has 1 aliphatic rings. The summed E-state index contributed by atoms with van der Waals surface area (Å²) in [6.07, 6.45) is 1.28. The van der Waals surface area contributed by atoms with E-state index in [2.05, 4.69) is 32.8 Å². The van der Waals surface area contributed by atoms with E-state index in [9.17, 15) is 0 Å². The molecule has 0 N–H and O–H groups in total. The van der Waals surface area contributed by atoms with Crippen LogP contribution in [0.5, 0.6) is 0 Å². The third-order valence-electron chi connectivity index (χ3n) is 2.20. The minimum atomic E-state index is 0. The molecule has 0 saturated carbocycles. The standard InChI is InChI=1S/C8H17BrN2.BrH/c1-10-5-7-11(8-6-10)4-2-3-9;/h2-8H2,1H3;1H. The zero-order chi connectivity index (χ0) is 8.10. The lowest BCUT2D eigenvalue weighted by atomic mass is 10.3. The molecule has 0 radical (unpaired) electrons. The van der Waals surface area contributed by atoms with Crippen LogP contribution < -0.4 is 0 Å². The smallest absolute Gasteiger partial charge is 0.0110 e. The Morgan fingerprint density at radius 1 is 1.17 bits per heavy atom. The van der Waals surface area contributed by atoms with Crippen molar-refractivity contribution in [3.8, 4) is 0 Å². The molecule has 74 valence electrons. The van der Waals surface area contributed by atoms with E-state index in [4.69, 9.17) is 0 Å². The predicted octanol–water partition coefficient (Wildman–Crippen LogP) is 1.60. The van der Waals surface area contributed by atoms with Gasteiger partial charge in [-0.05, 0) is 20.0 Å². The second kappa shape index (κ2) is 7.30.